The Balaban J connectivity index is 2.08. The summed E-state index contributed by atoms with van der Waals surface area (Å²) in [5, 5.41) is 0.658. The molecule has 2 atom stereocenters. The fourth-order valence-corrected chi connectivity index (χ4v) is 3.93. The number of hydrogen-bond donors (Lipinski definition) is 0. The number of halogens is 1. The van der Waals surface area contributed by atoms with E-state index in [-0.39, 0.29) is 24.4 Å². The van der Waals surface area contributed by atoms with Crippen LogP contribution in [-0.2, 0) is 14.8 Å². The van der Waals surface area contributed by atoms with Crippen LogP contribution in [0.15, 0.2) is 24.3 Å². The minimum Gasteiger partial charge on any atom is -0.339 e. The number of nitrogens with zero attached hydrogens (tertiary/aromatic N) is 2. The van der Waals surface area contributed by atoms with E-state index in [2.05, 4.69) is 0 Å². The summed E-state index contributed by atoms with van der Waals surface area (Å²) in [5.74, 6) is -0.293. The van der Waals surface area contributed by atoms with E-state index in [0.29, 0.717) is 18.0 Å². The molecule has 1 amide bonds. The molecule has 7 heteroatoms. The van der Waals surface area contributed by atoms with Crippen LogP contribution in [0.3, 0.4) is 0 Å². The van der Waals surface area contributed by atoms with E-state index in [0.717, 1.165) is 12.0 Å². The Labute approximate surface area is 143 Å². The van der Waals surface area contributed by atoms with E-state index in [1.807, 2.05) is 19.1 Å². The largest absolute Gasteiger partial charge is 0.339 e. The number of hydrogen-bond acceptors (Lipinski definition) is 3. The van der Waals surface area contributed by atoms with E-state index in [9.17, 15) is 13.2 Å². The zero-order valence-corrected chi connectivity index (χ0v) is 15.3. The number of rotatable bonds is 4. The fraction of sp³-hybridized carbons (Fsp3) is 0.562. The Bertz CT molecular complexity index is 660. The molecule has 1 aliphatic heterocycles. The lowest BCUT2D eigenvalue weighted by molar-refractivity contribution is -0.137. The fourth-order valence-electron chi connectivity index (χ4n) is 2.89. The van der Waals surface area contributed by atoms with Gasteiger partial charge >= 0.3 is 0 Å². The molecule has 1 aromatic rings. The molecule has 0 aliphatic carbocycles. The Morgan fingerprint density at radius 1 is 1.35 bits per heavy atom. The Kier molecular flexibility index (Phi) is 5.70. The topological polar surface area (TPSA) is 57.7 Å². The third-order valence-corrected chi connectivity index (χ3v) is 6.01. The van der Waals surface area contributed by atoms with Gasteiger partial charge in [0.1, 0.15) is 0 Å². The van der Waals surface area contributed by atoms with Gasteiger partial charge in [-0.05, 0) is 37.5 Å². The van der Waals surface area contributed by atoms with E-state index in [1.54, 1.807) is 24.1 Å². The summed E-state index contributed by atoms with van der Waals surface area (Å²) in [6, 6.07) is 7.32. The second-order valence-corrected chi connectivity index (χ2v) is 8.56. The van der Waals surface area contributed by atoms with Crippen molar-refractivity contribution in [3.05, 3.63) is 34.9 Å². The molecule has 2 unspecified atom stereocenters. The summed E-state index contributed by atoms with van der Waals surface area (Å²) in [5.41, 5.74) is 1.00. The van der Waals surface area contributed by atoms with Crippen LogP contribution in [-0.4, -0.2) is 49.9 Å². The van der Waals surface area contributed by atoms with E-state index in [4.69, 9.17) is 11.6 Å². The first-order valence-electron chi connectivity index (χ1n) is 7.67. The van der Waals surface area contributed by atoms with Crippen molar-refractivity contribution >= 4 is 27.5 Å². The summed E-state index contributed by atoms with van der Waals surface area (Å²) >= 11 is 5.90. The summed E-state index contributed by atoms with van der Waals surface area (Å²) in [4.78, 5) is 14.4. The molecule has 1 heterocycles. The first-order chi connectivity index (χ1) is 10.7. The van der Waals surface area contributed by atoms with E-state index >= 15 is 0 Å². The molecule has 1 fully saturated rings. The van der Waals surface area contributed by atoms with Gasteiger partial charge in [-0.15, -0.1) is 0 Å². The first-order valence-corrected chi connectivity index (χ1v) is 9.90. The Morgan fingerprint density at radius 2 is 1.96 bits per heavy atom. The Hall–Kier alpha value is -1.11. The van der Waals surface area contributed by atoms with Gasteiger partial charge in [0.2, 0.25) is 15.9 Å². The average molecular weight is 359 g/mol. The third-order valence-electron chi connectivity index (χ3n) is 4.48. The molecule has 0 bridgehead atoms. The van der Waals surface area contributed by atoms with Crippen molar-refractivity contribution in [3.8, 4) is 0 Å². The second-order valence-electron chi connectivity index (χ2n) is 6.14. The molecule has 1 saturated heterocycles. The molecule has 0 radical (unpaired) electrons. The molecule has 128 valence electrons. The zero-order valence-electron chi connectivity index (χ0n) is 13.7. The maximum Gasteiger partial charge on any atom is 0.227 e. The van der Waals surface area contributed by atoms with Crippen LogP contribution in [0.4, 0.5) is 0 Å². The highest BCUT2D eigenvalue weighted by Crippen LogP contribution is 2.26. The number of sulfonamides is 1. The molecule has 0 spiro atoms. The van der Waals surface area contributed by atoms with Crippen molar-refractivity contribution < 1.29 is 13.2 Å². The quantitative estimate of drug-likeness (QED) is 0.831. The van der Waals surface area contributed by atoms with Crippen LogP contribution in [0.5, 0.6) is 0 Å². The van der Waals surface area contributed by atoms with Gasteiger partial charge < -0.3 is 4.90 Å². The maximum atomic E-state index is 12.7. The van der Waals surface area contributed by atoms with Crippen molar-refractivity contribution in [1.29, 1.82) is 0 Å². The summed E-state index contributed by atoms with van der Waals surface area (Å²) < 4.78 is 24.8. The minimum absolute atomic E-state index is 0.0131. The van der Waals surface area contributed by atoms with Gasteiger partial charge in [0.05, 0.1) is 18.2 Å². The van der Waals surface area contributed by atoms with Gasteiger partial charge in [-0.2, -0.15) is 0 Å². The SMILES string of the molecule is CC(c1ccc(Cl)cc1)N(C)C(=O)C1CCCN(S(C)(=O)=O)C1. The second kappa shape index (κ2) is 7.20. The van der Waals surface area contributed by atoms with Gasteiger partial charge in [0.15, 0.2) is 0 Å². The molecule has 1 aromatic carbocycles. The van der Waals surface area contributed by atoms with Crippen LogP contribution < -0.4 is 0 Å². The number of carbonyl (C=O) groups excluding carboxylic acids is 1. The van der Waals surface area contributed by atoms with E-state index < -0.39 is 10.0 Å². The highest BCUT2D eigenvalue weighted by Gasteiger charge is 2.33. The van der Waals surface area contributed by atoms with Crippen molar-refractivity contribution in [1.82, 2.24) is 9.21 Å². The number of carbonyl (C=O) groups is 1. The lowest BCUT2D eigenvalue weighted by Crippen LogP contribution is -2.46. The molecule has 0 N–H and O–H groups in total. The molecular formula is C16H23ClN2O3S. The van der Waals surface area contributed by atoms with Gasteiger partial charge in [-0.1, -0.05) is 23.7 Å². The molecule has 0 aromatic heterocycles. The normalized spacial score (nSPS) is 21.0. The van der Waals surface area contributed by atoms with Crippen molar-refractivity contribution in [2.24, 2.45) is 5.92 Å². The average Bonchev–Trinajstić information content (AvgIpc) is 2.53. The summed E-state index contributed by atoms with van der Waals surface area (Å²) in [6.07, 6.45) is 2.63. The van der Waals surface area contributed by atoms with Crippen LogP contribution in [0, 0.1) is 5.92 Å². The van der Waals surface area contributed by atoms with Crippen LogP contribution in [0.2, 0.25) is 5.02 Å². The Morgan fingerprint density at radius 3 is 2.52 bits per heavy atom. The monoisotopic (exact) mass is 358 g/mol. The number of amides is 1. The molecule has 1 aliphatic rings. The standard InChI is InChI=1S/C16H23ClN2O3S/c1-12(13-6-8-15(17)9-7-13)18(2)16(20)14-5-4-10-19(11-14)23(3,21)22/h6-9,12,14H,4-5,10-11H2,1-3H3. The first kappa shape index (κ1) is 18.2. The summed E-state index contributed by atoms with van der Waals surface area (Å²) in [7, 11) is -1.48. The van der Waals surface area contributed by atoms with Gasteiger partial charge in [0.25, 0.3) is 0 Å². The van der Waals surface area contributed by atoms with Gasteiger partial charge in [-0.3, -0.25) is 4.79 Å². The highest BCUT2D eigenvalue weighted by atomic mass is 35.5. The number of benzene rings is 1. The van der Waals surface area contributed by atoms with Crippen LogP contribution >= 0.6 is 11.6 Å². The third kappa shape index (κ3) is 4.46. The van der Waals surface area contributed by atoms with Crippen LogP contribution in [0.25, 0.3) is 0 Å². The molecule has 2 rings (SSSR count). The lowest BCUT2D eigenvalue weighted by atomic mass is 9.97. The number of piperidine rings is 1. The van der Waals surface area contributed by atoms with Crippen molar-refractivity contribution in [2.45, 2.75) is 25.8 Å². The predicted molar refractivity (Wildman–Crippen MR) is 91.8 cm³/mol. The highest BCUT2D eigenvalue weighted by molar-refractivity contribution is 7.88. The predicted octanol–water partition coefficient (Wildman–Crippen LogP) is 2.53. The maximum absolute atomic E-state index is 12.7. The van der Waals surface area contributed by atoms with Gasteiger partial charge in [0, 0.05) is 25.2 Å². The van der Waals surface area contributed by atoms with Crippen molar-refractivity contribution in [3.63, 3.8) is 0 Å². The minimum atomic E-state index is -3.25. The van der Waals surface area contributed by atoms with Crippen LogP contribution in [0.1, 0.15) is 31.4 Å². The smallest absolute Gasteiger partial charge is 0.227 e. The molecule has 5 nitrogen and oxygen atoms in total. The van der Waals surface area contributed by atoms with Gasteiger partial charge in [-0.25, -0.2) is 12.7 Å². The molecule has 23 heavy (non-hydrogen) atoms. The van der Waals surface area contributed by atoms with E-state index in [1.165, 1.54) is 10.6 Å². The molecular weight excluding hydrogens is 336 g/mol. The zero-order chi connectivity index (χ0) is 17.2. The van der Waals surface area contributed by atoms with Crippen molar-refractivity contribution in [2.75, 3.05) is 26.4 Å². The molecule has 0 saturated carbocycles. The lowest BCUT2D eigenvalue weighted by Gasteiger charge is -2.34. The summed E-state index contributed by atoms with van der Waals surface area (Å²) in [6.45, 7) is 2.73.